The Hall–Kier alpha value is -4.66. The molecule has 3 amide bonds. The number of ether oxygens (including phenoxy) is 2. The van der Waals surface area contributed by atoms with Crippen LogP contribution in [0.5, 0.6) is 11.5 Å². The minimum absolute atomic E-state index is 0.204. The number of carbonyl (C=O) groups is 3. The van der Waals surface area contributed by atoms with Crippen molar-refractivity contribution in [2.75, 3.05) is 19.0 Å². The lowest BCUT2D eigenvalue weighted by Crippen LogP contribution is -2.37. The van der Waals surface area contributed by atoms with E-state index in [0.717, 1.165) is 11.1 Å². The van der Waals surface area contributed by atoms with Gasteiger partial charge in [0.25, 0.3) is 5.91 Å². The minimum Gasteiger partial charge on any atom is -0.493 e. The summed E-state index contributed by atoms with van der Waals surface area (Å²) in [6.07, 6.45) is 1.37. The van der Waals surface area contributed by atoms with Crippen molar-refractivity contribution in [3.05, 3.63) is 89.0 Å². The van der Waals surface area contributed by atoms with Crippen LogP contribution in [0.25, 0.3) is 0 Å². The van der Waals surface area contributed by atoms with Gasteiger partial charge in [-0.05, 0) is 65.4 Å². The van der Waals surface area contributed by atoms with Gasteiger partial charge in [-0.2, -0.15) is 5.10 Å². The number of hydrogen-bond donors (Lipinski definition) is 3. The molecule has 0 aliphatic heterocycles. The fourth-order valence-corrected chi connectivity index (χ4v) is 3.45. The van der Waals surface area contributed by atoms with Crippen LogP contribution >= 0.6 is 0 Å². The first-order valence-corrected chi connectivity index (χ1v) is 12.1. The van der Waals surface area contributed by atoms with Crippen LogP contribution in [0.1, 0.15) is 42.0 Å². The van der Waals surface area contributed by atoms with Crippen molar-refractivity contribution in [2.45, 2.75) is 33.2 Å². The molecule has 0 bridgehead atoms. The highest BCUT2D eigenvalue weighted by Crippen LogP contribution is 2.27. The molecule has 0 aliphatic rings. The molecule has 0 atom stereocenters. The first-order chi connectivity index (χ1) is 18.2. The summed E-state index contributed by atoms with van der Waals surface area (Å²) in [5, 5.41) is 9.18. The predicted octanol–water partition coefficient (Wildman–Crippen LogP) is 3.91. The molecule has 3 aromatic rings. The van der Waals surface area contributed by atoms with Crippen LogP contribution in [-0.2, 0) is 20.9 Å². The number of nitrogens with zero attached hydrogens (tertiary/aromatic N) is 1. The second-order valence-corrected chi connectivity index (χ2v) is 8.89. The molecule has 3 rings (SSSR count). The maximum Gasteiger partial charge on any atom is 0.329 e. The van der Waals surface area contributed by atoms with E-state index in [1.54, 1.807) is 24.3 Å². The van der Waals surface area contributed by atoms with Crippen molar-refractivity contribution >= 4 is 29.6 Å². The molecule has 0 aromatic heterocycles. The predicted molar refractivity (Wildman–Crippen MR) is 146 cm³/mol. The molecule has 0 fully saturated rings. The number of rotatable bonds is 10. The van der Waals surface area contributed by atoms with E-state index in [-0.39, 0.29) is 19.1 Å². The number of amides is 3. The van der Waals surface area contributed by atoms with Crippen LogP contribution in [0.15, 0.2) is 71.8 Å². The Morgan fingerprint density at radius 2 is 1.71 bits per heavy atom. The lowest BCUT2D eigenvalue weighted by molar-refractivity contribution is -0.139. The molecule has 0 unspecified atom stereocenters. The summed E-state index contributed by atoms with van der Waals surface area (Å²) in [5.74, 6) is -0.815. The molecule has 0 aliphatic carbocycles. The van der Waals surface area contributed by atoms with Gasteiger partial charge in [-0.3, -0.25) is 14.4 Å². The molecule has 9 heteroatoms. The molecule has 0 saturated carbocycles. The van der Waals surface area contributed by atoms with Crippen LogP contribution in [0, 0.1) is 6.92 Å². The van der Waals surface area contributed by atoms with Gasteiger partial charge in [0.1, 0.15) is 0 Å². The van der Waals surface area contributed by atoms with Crippen molar-refractivity contribution in [3.8, 4) is 11.5 Å². The van der Waals surface area contributed by atoms with Crippen molar-refractivity contribution in [3.63, 3.8) is 0 Å². The molecule has 0 radical (unpaired) electrons. The molecule has 0 spiro atoms. The summed E-state index contributed by atoms with van der Waals surface area (Å²) in [6.45, 7) is 6.18. The Bertz CT molecular complexity index is 1300. The Labute approximate surface area is 222 Å². The largest absolute Gasteiger partial charge is 0.493 e. The fourth-order valence-electron chi connectivity index (χ4n) is 3.45. The zero-order chi connectivity index (χ0) is 27.5. The quantitative estimate of drug-likeness (QED) is 0.215. The van der Waals surface area contributed by atoms with E-state index in [1.807, 2.05) is 49.4 Å². The van der Waals surface area contributed by atoms with Gasteiger partial charge in [0, 0.05) is 12.2 Å². The first-order valence-electron chi connectivity index (χ1n) is 12.1. The van der Waals surface area contributed by atoms with Crippen LogP contribution in [0.3, 0.4) is 0 Å². The van der Waals surface area contributed by atoms with Crippen LogP contribution in [0.2, 0.25) is 0 Å². The Morgan fingerprint density at radius 1 is 0.947 bits per heavy atom. The summed E-state index contributed by atoms with van der Waals surface area (Å²) in [4.78, 5) is 36.3. The molecule has 0 heterocycles. The Kier molecular flexibility index (Phi) is 9.99. The molecule has 3 aromatic carbocycles. The van der Waals surface area contributed by atoms with E-state index in [0.29, 0.717) is 28.7 Å². The fraction of sp³-hybridized carbons (Fsp3) is 0.241. The van der Waals surface area contributed by atoms with Gasteiger partial charge < -0.3 is 20.1 Å². The third kappa shape index (κ3) is 8.48. The summed E-state index contributed by atoms with van der Waals surface area (Å²) < 4.78 is 10.9. The van der Waals surface area contributed by atoms with Gasteiger partial charge in [0.2, 0.25) is 0 Å². The Balaban J connectivity index is 1.47. The van der Waals surface area contributed by atoms with Gasteiger partial charge in [0.15, 0.2) is 18.1 Å². The average molecular weight is 517 g/mol. The van der Waals surface area contributed by atoms with Crippen LogP contribution in [0.4, 0.5) is 5.69 Å². The van der Waals surface area contributed by atoms with Gasteiger partial charge >= 0.3 is 11.8 Å². The van der Waals surface area contributed by atoms with Crippen molar-refractivity contribution in [1.29, 1.82) is 0 Å². The number of anilines is 1. The maximum atomic E-state index is 12.2. The molecule has 3 N–H and O–H groups in total. The maximum absolute atomic E-state index is 12.2. The second-order valence-electron chi connectivity index (χ2n) is 8.89. The molecule has 9 nitrogen and oxygen atoms in total. The molecular formula is C29H32N4O5. The van der Waals surface area contributed by atoms with E-state index in [1.165, 1.54) is 18.9 Å². The number of aryl methyl sites for hydroxylation is 1. The normalized spacial score (nSPS) is 10.8. The minimum atomic E-state index is -0.883. The zero-order valence-electron chi connectivity index (χ0n) is 21.9. The van der Waals surface area contributed by atoms with Crippen LogP contribution in [-0.4, -0.2) is 37.7 Å². The molecule has 198 valence electrons. The highest BCUT2D eigenvalue weighted by Gasteiger charge is 2.13. The molecule has 38 heavy (non-hydrogen) atoms. The summed E-state index contributed by atoms with van der Waals surface area (Å²) >= 11 is 0. The van der Waals surface area contributed by atoms with Crippen molar-refractivity contribution < 1.29 is 23.9 Å². The second kappa shape index (κ2) is 13.6. The number of hydrazone groups is 1. The molecule has 0 saturated heterocycles. The van der Waals surface area contributed by atoms with E-state index in [2.05, 4.69) is 35.0 Å². The van der Waals surface area contributed by atoms with Gasteiger partial charge in [-0.25, -0.2) is 5.43 Å². The van der Waals surface area contributed by atoms with E-state index < -0.39 is 11.8 Å². The highest BCUT2D eigenvalue weighted by molar-refractivity contribution is 6.35. The zero-order valence-corrected chi connectivity index (χ0v) is 21.9. The van der Waals surface area contributed by atoms with Gasteiger partial charge in [-0.15, -0.1) is 0 Å². The lowest BCUT2D eigenvalue weighted by atomic mass is 10.0. The number of carbonyl (C=O) groups excluding carboxylic acids is 3. The van der Waals surface area contributed by atoms with Gasteiger partial charge in [0.05, 0.1) is 13.3 Å². The third-order valence-electron chi connectivity index (χ3n) is 5.53. The summed E-state index contributed by atoms with van der Waals surface area (Å²) in [7, 11) is 1.47. The number of hydrogen-bond acceptors (Lipinski definition) is 6. The lowest BCUT2D eigenvalue weighted by Gasteiger charge is -2.11. The van der Waals surface area contributed by atoms with E-state index in [9.17, 15) is 14.4 Å². The number of methoxy groups -OCH3 is 1. The van der Waals surface area contributed by atoms with Gasteiger partial charge in [-0.1, -0.05) is 50.2 Å². The Morgan fingerprint density at radius 3 is 2.39 bits per heavy atom. The SMILES string of the molecule is COc1cc(/C=N\NC(=O)C(=O)NCc2ccc(C(C)C)cc2)ccc1OCC(=O)Nc1cccc(C)c1. The third-order valence-corrected chi connectivity index (χ3v) is 5.53. The van der Waals surface area contributed by atoms with E-state index >= 15 is 0 Å². The monoisotopic (exact) mass is 516 g/mol. The smallest absolute Gasteiger partial charge is 0.329 e. The average Bonchev–Trinajstić information content (AvgIpc) is 2.91. The van der Waals surface area contributed by atoms with Crippen molar-refractivity contribution in [2.24, 2.45) is 5.10 Å². The number of nitrogens with one attached hydrogen (secondary N) is 3. The standard InChI is InChI=1S/C29H32N4O5/c1-19(2)23-11-8-21(9-12-23)16-30-28(35)29(36)33-31-17-22-10-13-25(26(15-22)37-4)38-18-27(34)32-24-7-5-6-20(3)14-24/h5-15,17,19H,16,18H2,1-4H3,(H,30,35)(H,32,34)(H,33,36)/b31-17-. The summed E-state index contributed by atoms with van der Waals surface area (Å²) in [5.41, 5.74) is 6.60. The number of benzene rings is 3. The van der Waals surface area contributed by atoms with E-state index in [4.69, 9.17) is 9.47 Å². The topological polar surface area (TPSA) is 118 Å². The highest BCUT2D eigenvalue weighted by atomic mass is 16.5. The molecular weight excluding hydrogens is 484 g/mol. The van der Waals surface area contributed by atoms with Crippen LogP contribution < -0.4 is 25.5 Å². The first kappa shape index (κ1) is 27.9. The summed E-state index contributed by atoms with van der Waals surface area (Å²) in [6, 6.07) is 20.2. The van der Waals surface area contributed by atoms with Crippen molar-refractivity contribution in [1.82, 2.24) is 10.7 Å².